The molecule has 1 N–H and O–H groups in total. The highest BCUT2D eigenvalue weighted by molar-refractivity contribution is 6.13. The molecule has 0 fully saturated rings. The maximum Gasteiger partial charge on any atom is 0.337 e. The molecule has 3 heteroatoms. The first kappa shape index (κ1) is 15.1. The molecule has 1 aromatic heterocycles. The van der Waals surface area contributed by atoms with Crippen molar-refractivity contribution in [2.24, 2.45) is 0 Å². The number of aromatic nitrogens is 1. The number of carboxylic acid groups (broad SMARTS) is 1. The Morgan fingerprint density at radius 2 is 1.64 bits per heavy atom. The van der Waals surface area contributed by atoms with Crippen molar-refractivity contribution in [3.63, 3.8) is 0 Å². The number of nitrogens with zero attached hydrogens (tertiary/aromatic N) is 1. The monoisotopic (exact) mass is 325 g/mol. The lowest BCUT2D eigenvalue weighted by Crippen LogP contribution is -2.02. The molecule has 0 atom stereocenters. The van der Waals surface area contributed by atoms with E-state index in [1.165, 1.54) is 6.20 Å². The number of carbonyl (C=O) groups is 1. The fourth-order valence-corrected chi connectivity index (χ4v) is 3.08. The zero-order valence-electron chi connectivity index (χ0n) is 13.4. The fourth-order valence-electron chi connectivity index (χ4n) is 3.08. The van der Waals surface area contributed by atoms with Crippen molar-refractivity contribution in [1.29, 1.82) is 0 Å². The van der Waals surface area contributed by atoms with E-state index in [9.17, 15) is 9.90 Å². The van der Waals surface area contributed by atoms with E-state index in [0.717, 1.165) is 27.2 Å². The smallest absolute Gasteiger partial charge is 0.337 e. The Labute approximate surface area is 144 Å². The summed E-state index contributed by atoms with van der Waals surface area (Å²) < 4.78 is 0. The van der Waals surface area contributed by atoms with Crippen LogP contribution in [-0.2, 0) is 0 Å². The minimum Gasteiger partial charge on any atom is -0.478 e. The Hall–Kier alpha value is -3.46. The average Bonchev–Trinajstić information content (AvgIpc) is 2.66. The molecule has 0 aliphatic carbocycles. The van der Waals surface area contributed by atoms with Gasteiger partial charge in [-0.25, -0.2) is 4.79 Å². The van der Waals surface area contributed by atoms with Gasteiger partial charge in [0.1, 0.15) is 0 Å². The van der Waals surface area contributed by atoms with Gasteiger partial charge in [-0.2, -0.15) is 0 Å². The molecule has 0 bridgehead atoms. The van der Waals surface area contributed by atoms with Gasteiger partial charge in [0.05, 0.1) is 11.1 Å². The van der Waals surface area contributed by atoms with Gasteiger partial charge < -0.3 is 5.11 Å². The summed E-state index contributed by atoms with van der Waals surface area (Å²) in [4.78, 5) is 16.1. The maximum atomic E-state index is 11.7. The molecule has 0 radical (unpaired) electrons. The first-order valence-corrected chi connectivity index (χ1v) is 8.01. The van der Waals surface area contributed by atoms with Gasteiger partial charge >= 0.3 is 5.97 Å². The highest BCUT2D eigenvalue weighted by atomic mass is 16.4. The maximum absolute atomic E-state index is 11.7. The van der Waals surface area contributed by atoms with Crippen LogP contribution in [0, 0.1) is 0 Å². The number of hydrogen-bond acceptors (Lipinski definition) is 2. The van der Waals surface area contributed by atoms with Gasteiger partial charge in [-0.15, -0.1) is 0 Å². The summed E-state index contributed by atoms with van der Waals surface area (Å²) in [5.74, 6) is -0.977. The molecule has 3 aromatic carbocycles. The van der Waals surface area contributed by atoms with Crippen LogP contribution in [0.15, 0.2) is 72.9 Å². The number of aromatic carboxylic acids is 1. The summed E-state index contributed by atoms with van der Waals surface area (Å²) in [7, 11) is 0. The second kappa shape index (κ2) is 6.21. The van der Waals surface area contributed by atoms with Crippen molar-refractivity contribution in [3.05, 3.63) is 89.6 Å². The molecule has 25 heavy (non-hydrogen) atoms. The van der Waals surface area contributed by atoms with E-state index in [1.807, 2.05) is 78.9 Å². The standard InChI is InChI=1S/C22H15NO2/c24-22(25)19-14-23-20-13-11-16-8-4-5-9-17(16)21(20)18(19)12-10-15-6-2-1-3-7-15/h1-14H,(H,24,25). The Bertz CT molecular complexity index is 1110. The number of rotatable bonds is 3. The van der Waals surface area contributed by atoms with Crippen LogP contribution < -0.4 is 0 Å². The van der Waals surface area contributed by atoms with E-state index < -0.39 is 5.97 Å². The van der Waals surface area contributed by atoms with Crippen LogP contribution in [0.4, 0.5) is 0 Å². The highest BCUT2D eigenvalue weighted by Gasteiger charge is 2.14. The molecular formula is C22H15NO2. The number of carboxylic acids is 1. The molecule has 0 amide bonds. The van der Waals surface area contributed by atoms with E-state index in [2.05, 4.69) is 4.98 Å². The average molecular weight is 325 g/mol. The lowest BCUT2D eigenvalue weighted by Gasteiger charge is -2.09. The van der Waals surface area contributed by atoms with Crippen molar-refractivity contribution >= 4 is 39.8 Å². The molecule has 0 spiro atoms. The van der Waals surface area contributed by atoms with E-state index in [4.69, 9.17) is 0 Å². The Morgan fingerprint density at radius 3 is 2.44 bits per heavy atom. The number of hydrogen-bond donors (Lipinski definition) is 1. The zero-order chi connectivity index (χ0) is 17.2. The van der Waals surface area contributed by atoms with Crippen LogP contribution >= 0.6 is 0 Å². The lowest BCUT2D eigenvalue weighted by molar-refractivity contribution is 0.0696. The van der Waals surface area contributed by atoms with Crippen molar-refractivity contribution in [3.8, 4) is 0 Å². The molecule has 0 saturated heterocycles. The van der Waals surface area contributed by atoms with Gasteiger partial charge in [-0.1, -0.05) is 72.8 Å². The van der Waals surface area contributed by atoms with Gasteiger partial charge in [-0.3, -0.25) is 4.98 Å². The zero-order valence-corrected chi connectivity index (χ0v) is 13.4. The predicted octanol–water partition coefficient (Wildman–Crippen LogP) is 5.26. The SMILES string of the molecule is O=C(O)c1cnc2ccc3ccccc3c2c1C=Cc1ccccc1. The summed E-state index contributed by atoms with van der Waals surface area (Å²) in [6, 6.07) is 21.7. The van der Waals surface area contributed by atoms with Gasteiger partial charge in [0.25, 0.3) is 0 Å². The second-order valence-electron chi connectivity index (χ2n) is 5.82. The molecule has 3 nitrogen and oxygen atoms in total. The summed E-state index contributed by atoms with van der Waals surface area (Å²) in [5.41, 5.74) is 2.69. The number of benzene rings is 3. The predicted molar refractivity (Wildman–Crippen MR) is 102 cm³/mol. The van der Waals surface area contributed by atoms with Crippen molar-refractivity contribution in [2.45, 2.75) is 0 Å². The van der Waals surface area contributed by atoms with E-state index in [1.54, 1.807) is 0 Å². The van der Waals surface area contributed by atoms with Gasteiger partial charge in [0, 0.05) is 17.1 Å². The van der Waals surface area contributed by atoms with E-state index >= 15 is 0 Å². The summed E-state index contributed by atoms with van der Waals surface area (Å²) in [6.07, 6.45) is 5.24. The Morgan fingerprint density at radius 1 is 0.880 bits per heavy atom. The quantitative estimate of drug-likeness (QED) is 0.523. The lowest BCUT2D eigenvalue weighted by atomic mass is 9.97. The first-order valence-electron chi connectivity index (χ1n) is 8.01. The molecule has 4 aromatic rings. The summed E-state index contributed by atoms with van der Waals surface area (Å²) in [5, 5.41) is 12.6. The van der Waals surface area contributed by atoms with E-state index in [-0.39, 0.29) is 5.56 Å². The third-order valence-electron chi connectivity index (χ3n) is 4.27. The molecule has 0 aliphatic heterocycles. The second-order valence-corrected chi connectivity index (χ2v) is 5.82. The number of pyridine rings is 1. The molecule has 1 heterocycles. The molecular weight excluding hydrogens is 310 g/mol. The Kier molecular flexibility index (Phi) is 3.75. The van der Waals surface area contributed by atoms with Crippen molar-refractivity contribution in [2.75, 3.05) is 0 Å². The van der Waals surface area contributed by atoms with Crippen LogP contribution in [0.1, 0.15) is 21.5 Å². The normalized spacial score (nSPS) is 11.4. The van der Waals surface area contributed by atoms with Gasteiger partial charge in [0.15, 0.2) is 0 Å². The molecule has 0 unspecified atom stereocenters. The van der Waals surface area contributed by atoms with Crippen molar-refractivity contribution < 1.29 is 9.90 Å². The number of fused-ring (bicyclic) bond motifs is 3. The Balaban J connectivity index is 2.05. The third-order valence-corrected chi connectivity index (χ3v) is 4.27. The topological polar surface area (TPSA) is 50.2 Å². The van der Waals surface area contributed by atoms with Crippen LogP contribution in [-0.4, -0.2) is 16.1 Å². The molecule has 0 aliphatic rings. The first-order chi connectivity index (χ1) is 12.2. The minimum absolute atomic E-state index is 0.205. The van der Waals surface area contributed by atoms with Crippen LogP contribution in [0.25, 0.3) is 33.8 Å². The summed E-state index contributed by atoms with van der Waals surface area (Å²) in [6.45, 7) is 0. The van der Waals surface area contributed by atoms with Crippen LogP contribution in [0.3, 0.4) is 0 Å². The van der Waals surface area contributed by atoms with E-state index in [0.29, 0.717) is 5.56 Å². The van der Waals surface area contributed by atoms with Crippen LogP contribution in [0.2, 0.25) is 0 Å². The minimum atomic E-state index is -0.977. The third kappa shape index (κ3) is 2.76. The molecule has 4 rings (SSSR count). The van der Waals surface area contributed by atoms with Gasteiger partial charge in [0.2, 0.25) is 0 Å². The largest absolute Gasteiger partial charge is 0.478 e. The van der Waals surface area contributed by atoms with Crippen molar-refractivity contribution in [1.82, 2.24) is 4.98 Å². The summed E-state index contributed by atoms with van der Waals surface area (Å²) >= 11 is 0. The molecule has 0 saturated carbocycles. The molecule has 120 valence electrons. The van der Waals surface area contributed by atoms with Crippen LogP contribution in [0.5, 0.6) is 0 Å². The van der Waals surface area contributed by atoms with Gasteiger partial charge in [-0.05, 0) is 22.4 Å². The highest BCUT2D eigenvalue weighted by Crippen LogP contribution is 2.30. The fraction of sp³-hybridized carbons (Fsp3) is 0.